The topological polar surface area (TPSA) is 97.1 Å². The summed E-state index contributed by atoms with van der Waals surface area (Å²) >= 11 is 6.36. The van der Waals surface area contributed by atoms with Crippen LogP contribution in [0.2, 0.25) is 5.02 Å². The molecule has 182 valence electrons. The summed E-state index contributed by atoms with van der Waals surface area (Å²) in [6, 6.07) is 5.95. The summed E-state index contributed by atoms with van der Waals surface area (Å²) < 4.78 is 25.9. The smallest absolute Gasteiger partial charge is 0.225 e. The second kappa shape index (κ2) is 7.47. The molecule has 0 radical (unpaired) electrons. The Morgan fingerprint density at radius 1 is 1.06 bits per heavy atom. The molecule has 3 fully saturated rings. The highest BCUT2D eigenvalue weighted by Gasteiger charge is 2.55. The van der Waals surface area contributed by atoms with Gasteiger partial charge in [-0.05, 0) is 49.1 Å². The number of nitrogens with zero attached hydrogens (tertiary/aromatic N) is 7. The zero-order valence-electron chi connectivity index (χ0n) is 19.4. The van der Waals surface area contributed by atoms with Crippen molar-refractivity contribution in [1.82, 2.24) is 29.6 Å². The molecule has 35 heavy (non-hydrogen) atoms. The van der Waals surface area contributed by atoms with E-state index in [4.69, 9.17) is 11.6 Å². The molecule has 2 aromatic heterocycles. The van der Waals surface area contributed by atoms with Crippen LogP contribution in [0.3, 0.4) is 0 Å². The zero-order valence-corrected chi connectivity index (χ0v) is 21.0. The standard InChI is InChI=1S/C24H26ClN7O2S/c1-15-7-26-23(27-8-15)31-13-24(14-31)5-17(6-24)22-29-28-21-10-30(19-11-35(33,34)12-19)9-16-4-18(25)2-3-20(16)32(21)22/h2-4,7-8,17,19H,5-6,9-14H2,1H3. The van der Waals surface area contributed by atoms with Crippen LogP contribution in [-0.4, -0.2) is 68.7 Å². The van der Waals surface area contributed by atoms with Crippen molar-refractivity contribution in [2.24, 2.45) is 5.41 Å². The van der Waals surface area contributed by atoms with Gasteiger partial charge in [-0.15, -0.1) is 10.2 Å². The molecule has 3 aliphatic heterocycles. The van der Waals surface area contributed by atoms with E-state index in [-0.39, 0.29) is 17.5 Å². The Hall–Kier alpha value is -2.56. The summed E-state index contributed by atoms with van der Waals surface area (Å²) in [7, 11) is -2.92. The molecule has 1 saturated carbocycles. The Morgan fingerprint density at radius 3 is 2.51 bits per heavy atom. The summed E-state index contributed by atoms with van der Waals surface area (Å²) in [6.07, 6.45) is 5.88. The summed E-state index contributed by atoms with van der Waals surface area (Å²) in [5.41, 5.74) is 3.50. The lowest BCUT2D eigenvalue weighted by molar-refractivity contribution is 0.0574. The van der Waals surface area contributed by atoms with Crippen molar-refractivity contribution in [3.8, 4) is 5.69 Å². The molecule has 9 nitrogen and oxygen atoms in total. The first-order valence-electron chi connectivity index (χ1n) is 12.0. The average Bonchev–Trinajstić information content (AvgIpc) is 3.06. The first kappa shape index (κ1) is 21.7. The van der Waals surface area contributed by atoms with Crippen molar-refractivity contribution in [1.29, 1.82) is 0 Å². The van der Waals surface area contributed by atoms with E-state index in [0.29, 0.717) is 29.4 Å². The van der Waals surface area contributed by atoms with Gasteiger partial charge < -0.3 is 4.90 Å². The van der Waals surface area contributed by atoms with Gasteiger partial charge >= 0.3 is 0 Å². The van der Waals surface area contributed by atoms with Gasteiger partial charge in [0.15, 0.2) is 15.7 Å². The number of fused-ring (bicyclic) bond motifs is 3. The van der Waals surface area contributed by atoms with Crippen molar-refractivity contribution < 1.29 is 8.42 Å². The summed E-state index contributed by atoms with van der Waals surface area (Å²) in [4.78, 5) is 13.4. The normalized spacial score (nSPS) is 23.1. The highest BCUT2D eigenvalue weighted by molar-refractivity contribution is 7.92. The number of hydrogen-bond donors (Lipinski definition) is 0. The van der Waals surface area contributed by atoms with E-state index >= 15 is 0 Å². The summed E-state index contributed by atoms with van der Waals surface area (Å²) in [5.74, 6) is 3.44. The lowest BCUT2D eigenvalue weighted by Crippen LogP contribution is -2.62. The number of aromatic nitrogens is 5. The van der Waals surface area contributed by atoms with Crippen LogP contribution in [0.25, 0.3) is 5.69 Å². The van der Waals surface area contributed by atoms with E-state index in [9.17, 15) is 8.42 Å². The lowest BCUT2D eigenvalue weighted by atomic mass is 9.57. The van der Waals surface area contributed by atoms with Gasteiger partial charge in [-0.3, -0.25) is 9.47 Å². The SMILES string of the molecule is Cc1cnc(N2CC3(CC(c4nnc5n4-c4ccc(Cl)cc4CN(C4CS(=O)(=O)C4)C5)C3)C2)nc1. The molecule has 0 bridgehead atoms. The molecule has 1 spiro atoms. The molecule has 11 heteroatoms. The van der Waals surface area contributed by atoms with Gasteiger partial charge in [-0.1, -0.05) is 11.6 Å². The molecule has 0 amide bonds. The van der Waals surface area contributed by atoms with Gasteiger partial charge in [-0.25, -0.2) is 18.4 Å². The maximum Gasteiger partial charge on any atom is 0.225 e. The summed E-state index contributed by atoms with van der Waals surface area (Å²) in [5, 5.41) is 9.92. The largest absolute Gasteiger partial charge is 0.340 e. The Bertz CT molecular complexity index is 1410. The quantitative estimate of drug-likeness (QED) is 0.529. The van der Waals surface area contributed by atoms with Crippen molar-refractivity contribution >= 4 is 27.4 Å². The third kappa shape index (κ3) is 3.56. The van der Waals surface area contributed by atoms with Crippen molar-refractivity contribution in [3.63, 3.8) is 0 Å². The summed E-state index contributed by atoms with van der Waals surface area (Å²) in [6.45, 7) is 5.18. The second-order valence-corrected chi connectivity index (χ2v) is 13.3. The molecule has 1 aromatic carbocycles. The molecule has 5 heterocycles. The Balaban J connectivity index is 1.14. The number of halogens is 1. The molecule has 0 N–H and O–H groups in total. The number of anilines is 1. The first-order chi connectivity index (χ1) is 16.8. The number of sulfone groups is 1. The maximum absolute atomic E-state index is 11.8. The predicted octanol–water partition coefficient (Wildman–Crippen LogP) is 2.52. The zero-order chi connectivity index (χ0) is 23.9. The van der Waals surface area contributed by atoms with Crippen molar-refractivity contribution in [3.05, 3.63) is 58.4 Å². The molecule has 2 saturated heterocycles. The highest BCUT2D eigenvalue weighted by atomic mass is 35.5. The Morgan fingerprint density at radius 2 is 1.80 bits per heavy atom. The van der Waals surface area contributed by atoms with Crippen LogP contribution in [0.4, 0.5) is 5.95 Å². The third-order valence-corrected chi connectivity index (χ3v) is 10.0. The van der Waals surface area contributed by atoms with E-state index in [1.54, 1.807) is 0 Å². The van der Waals surface area contributed by atoms with E-state index in [0.717, 1.165) is 60.3 Å². The van der Waals surface area contributed by atoms with Crippen molar-refractivity contribution in [2.45, 2.75) is 44.8 Å². The fourth-order valence-electron chi connectivity index (χ4n) is 6.20. The number of rotatable bonds is 3. The molecule has 7 rings (SSSR count). The molecule has 1 aliphatic carbocycles. The van der Waals surface area contributed by atoms with Gasteiger partial charge in [0.1, 0.15) is 5.82 Å². The van der Waals surface area contributed by atoms with Gasteiger partial charge in [-0.2, -0.15) is 0 Å². The minimum Gasteiger partial charge on any atom is -0.340 e. The Labute approximate surface area is 209 Å². The fourth-order valence-corrected chi connectivity index (χ4v) is 7.89. The predicted molar refractivity (Wildman–Crippen MR) is 131 cm³/mol. The van der Waals surface area contributed by atoms with Gasteiger partial charge in [0.05, 0.1) is 23.7 Å². The van der Waals surface area contributed by atoms with Gasteiger partial charge in [0.2, 0.25) is 5.95 Å². The number of aryl methyl sites for hydroxylation is 1. The maximum atomic E-state index is 11.8. The van der Waals surface area contributed by atoms with E-state index < -0.39 is 9.84 Å². The van der Waals surface area contributed by atoms with Crippen LogP contribution in [0.15, 0.2) is 30.6 Å². The Kier molecular flexibility index (Phi) is 4.63. The monoisotopic (exact) mass is 511 g/mol. The van der Waals surface area contributed by atoms with Crippen LogP contribution < -0.4 is 4.90 Å². The molecule has 3 aromatic rings. The minimum atomic E-state index is -2.92. The van der Waals surface area contributed by atoms with Gasteiger partial charge in [0, 0.05) is 54.4 Å². The van der Waals surface area contributed by atoms with Crippen LogP contribution in [0.1, 0.15) is 41.5 Å². The molecular formula is C24H26ClN7O2S. The van der Waals surface area contributed by atoms with Crippen molar-refractivity contribution in [2.75, 3.05) is 29.5 Å². The first-order valence-corrected chi connectivity index (χ1v) is 14.2. The van der Waals surface area contributed by atoms with Crippen LogP contribution in [0, 0.1) is 12.3 Å². The molecule has 4 aliphatic rings. The van der Waals surface area contributed by atoms with E-state index in [1.807, 2.05) is 37.5 Å². The van der Waals surface area contributed by atoms with Crippen LogP contribution in [-0.2, 0) is 22.9 Å². The molecule has 0 unspecified atom stereocenters. The average molecular weight is 512 g/mol. The second-order valence-electron chi connectivity index (χ2n) is 10.7. The van der Waals surface area contributed by atoms with Crippen LogP contribution >= 0.6 is 11.6 Å². The number of benzene rings is 1. The van der Waals surface area contributed by atoms with E-state index in [1.165, 1.54) is 0 Å². The van der Waals surface area contributed by atoms with Gasteiger partial charge in [0.25, 0.3) is 0 Å². The lowest BCUT2D eigenvalue weighted by Gasteiger charge is -2.58. The molecule has 0 atom stereocenters. The number of hydrogen-bond acceptors (Lipinski definition) is 8. The molecular weight excluding hydrogens is 486 g/mol. The van der Waals surface area contributed by atoms with E-state index in [2.05, 4.69) is 34.5 Å². The highest BCUT2D eigenvalue weighted by Crippen LogP contribution is 2.56. The third-order valence-electron chi connectivity index (χ3n) is 7.99. The van der Waals surface area contributed by atoms with Crippen LogP contribution in [0.5, 0.6) is 0 Å². The fraction of sp³-hybridized carbons (Fsp3) is 0.500. The minimum absolute atomic E-state index is 0.00968.